The maximum absolute atomic E-state index is 13.2. The Bertz CT molecular complexity index is 1040. The van der Waals surface area contributed by atoms with Crippen molar-refractivity contribution >= 4 is 34.7 Å². The molecule has 162 valence electrons. The van der Waals surface area contributed by atoms with Crippen LogP contribution in [-0.2, 0) is 17.6 Å². The van der Waals surface area contributed by atoms with E-state index < -0.39 is 0 Å². The number of amides is 1. The van der Waals surface area contributed by atoms with E-state index in [1.807, 2.05) is 11.0 Å². The van der Waals surface area contributed by atoms with Gasteiger partial charge in [-0.3, -0.25) is 4.79 Å². The first kappa shape index (κ1) is 20.8. The number of nitrogens with zero attached hydrogens (tertiary/aromatic N) is 4. The minimum absolute atomic E-state index is 0.153. The van der Waals surface area contributed by atoms with Crippen LogP contribution in [0.15, 0.2) is 46.9 Å². The summed E-state index contributed by atoms with van der Waals surface area (Å²) in [6.45, 7) is 2.13. The van der Waals surface area contributed by atoms with Gasteiger partial charge >= 0.3 is 0 Å². The van der Waals surface area contributed by atoms with Crippen molar-refractivity contribution in [1.82, 2.24) is 14.8 Å². The van der Waals surface area contributed by atoms with E-state index in [4.69, 9.17) is 0 Å². The van der Waals surface area contributed by atoms with Gasteiger partial charge in [-0.1, -0.05) is 55.3 Å². The number of anilines is 1. The zero-order valence-electron chi connectivity index (χ0n) is 17.9. The number of hydrogen-bond donors (Lipinski definition) is 0. The van der Waals surface area contributed by atoms with E-state index in [-0.39, 0.29) is 11.9 Å². The highest BCUT2D eigenvalue weighted by Gasteiger charge is 2.31. The number of para-hydroxylation sites is 1. The third-order valence-electron chi connectivity index (χ3n) is 6.39. The predicted octanol–water partition coefficient (Wildman–Crippen LogP) is 5.51. The zero-order chi connectivity index (χ0) is 21.2. The Hall–Kier alpha value is -2.12. The second-order valence-electron chi connectivity index (χ2n) is 8.55. The van der Waals surface area contributed by atoms with E-state index in [1.54, 1.807) is 23.1 Å². The maximum atomic E-state index is 13.2. The Morgan fingerprint density at radius 1 is 1.13 bits per heavy atom. The van der Waals surface area contributed by atoms with Crippen LogP contribution in [0.4, 0.5) is 5.69 Å². The molecule has 1 atom stereocenters. The van der Waals surface area contributed by atoms with Crippen LogP contribution in [0.2, 0.25) is 0 Å². The summed E-state index contributed by atoms with van der Waals surface area (Å²) in [4.78, 5) is 16.5. The summed E-state index contributed by atoms with van der Waals surface area (Å²) in [7, 11) is 0. The smallest absolute Gasteiger partial charge is 0.237 e. The first-order valence-electron chi connectivity index (χ1n) is 11.2. The number of fused-ring (bicyclic) bond motifs is 1. The molecule has 1 saturated carbocycles. The molecule has 1 amide bonds. The molecule has 2 aliphatic rings. The van der Waals surface area contributed by atoms with E-state index >= 15 is 0 Å². The highest BCUT2D eigenvalue weighted by Crippen LogP contribution is 2.35. The normalized spacial score (nSPS) is 19.0. The lowest BCUT2D eigenvalue weighted by Gasteiger charge is -2.26. The van der Waals surface area contributed by atoms with Crippen LogP contribution in [0, 0.1) is 0 Å². The molecule has 1 aromatic carbocycles. The standard InChI is InChI=1S/C24H28N4OS2/c1-17-14-18-8-5-6-12-21(18)27(17)23(29)16-31-24-26-25-22(15-20-11-7-13-30-20)28(24)19-9-3-2-4-10-19/h5-8,11-13,17,19H,2-4,9-10,14-16H2,1H3/t17-/m0/s1. The number of hydrogen-bond acceptors (Lipinski definition) is 5. The van der Waals surface area contributed by atoms with Gasteiger partial charge in [0.25, 0.3) is 0 Å². The highest BCUT2D eigenvalue weighted by molar-refractivity contribution is 7.99. The molecule has 1 aliphatic carbocycles. The second kappa shape index (κ2) is 9.17. The molecule has 0 N–H and O–H groups in total. The van der Waals surface area contributed by atoms with Crippen LogP contribution in [-0.4, -0.2) is 32.5 Å². The molecule has 5 nitrogen and oxygen atoms in total. The largest absolute Gasteiger partial charge is 0.308 e. The van der Waals surface area contributed by atoms with Gasteiger partial charge in [0.2, 0.25) is 5.91 Å². The van der Waals surface area contributed by atoms with E-state index in [1.165, 1.54) is 42.5 Å². The molecule has 3 heterocycles. The molecule has 0 radical (unpaired) electrons. The molecule has 0 spiro atoms. The molecule has 31 heavy (non-hydrogen) atoms. The average molecular weight is 453 g/mol. The van der Waals surface area contributed by atoms with Crippen molar-refractivity contribution < 1.29 is 4.79 Å². The van der Waals surface area contributed by atoms with Crippen molar-refractivity contribution in [2.45, 2.75) is 69.1 Å². The van der Waals surface area contributed by atoms with Crippen LogP contribution >= 0.6 is 23.1 Å². The Labute approximate surface area is 191 Å². The highest BCUT2D eigenvalue weighted by atomic mass is 32.2. The molecule has 7 heteroatoms. The Kier molecular flexibility index (Phi) is 6.14. The van der Waals surface area contributed by atoms with Crippen molar-refractivity contribution in [3.05, 3.63) is 58.0 Å². The second-order valence-corrected chi connectivity index (χ2v) is 10.5. The molecule has 0 saturated heterocycles. The van der Waals surface area contributed by atoms with Gasteiger partial charge < -0.3 is 9.47 Å². The topological polar surface area (TPSA) is 51.0 Å². The van der Waals surface area contributed by atoms with Gasteiger partial charge in [0, 0.05) is 29.1 Å². The molecule has 2 aromatic heterocycles. The fourth-order valence-corrected chi connectivity index (χ4v) is 6.53. The molecule has 1 fully saturated rings. The molecule has 0 unspecified atom stereocenters. The molecule has 5 rings (SSSR count). The lowest BCUT2D eigenvalue weighted by molar-refractivity contribution is -0.116. The Balaban J connectivity index is 1.35. The molecule has 0 bridgehead atoms. The van der Waals surface area contributed by atoms with Gasteiger partial charge in [0.15, 0.2) is 5.16 Å². The minimum Gasteiger partial charge on any atom is -0.308 e. The van der Waals surface area contributed by atoms with E-state index in [0.717, 1.165) is 29.5 Å². The third-order valence-corrected chi connectivity index (χ3v) is 8.19. The Morgan fingerprint density at radius 2 is 1.97 bits per heavy atom. The van der Waals surface area contributed by atoms with Crippen molar-refractivity contribution in [3.8, 4) is 0 Å². The van der Waals surface area contributed by atoms with Crippen molar-refractivity contribution in [3.63, 3.8) is 0 Å². The van der Waals surface area contributed by atoms with Gasteiger partial charge in [-0.15, -0.1) is 21.5 Å². The number of carbonyl (C=O) groups is 1. The van der Waals surface area contributed by atoms with E-state index in [9.17, 15) is 4.79 Å². The molecule has 3 aromatic rings. The summed E-state index contributed by atoms with van der Waals surface area (Å²) in [5, 5.41) is 12.1. The van der Waals surface area contributed by atoms with Gasteiger partial charge in [-0.2, -0.15) is 0 Å². The van der Waals surface area contributed by atoms with E-state index in [0.29, 0.717) is 11.8 Å². The van der Waals surface area contributed by atoms with Crippen molar-refractivity contribution in [2.75, 3.05) is 10.7 Å². The summed E-state index contributed by atoms with van der Waals surface area (Å²) < 4.78 is 2.35. The van der Waals surface area contributed by atoms with Crippen molar-refractivity contribution in [2.24, 2.45) is 0 Å². The SMILES string of the molecule is C[C@H]1Cc2ccccc2N1C(=O)CSc1nnc(Cc2cccs2)n1C1CCCCC1. The van der Waals surface area contributed by atoms with Crippen molar-refractivity contribution in [1.29, 1.82) is 0 Å². The van der Waals surface area contributed by atoms with Crippen LogP contribution in [0.3, 0.4) is 0 Å². The summed E-state index contributed by atoms with van der Waals surface area (Å²) in [5.74, 6) is 1.58. The van der Waals surface area contributed by atoms with Gasteiger partial charge in [0.1, 0.15) is 5.82 Å². The number of thioether (sulfide) groups is 1. The average Bonchev–Trinajstić information content (AvgIpc) is 3.51. The fourth-order valence-electron chi connectivity index (χ4n) is 4.94. The summed E-state index contributed by atoms with van der Waals surface area (Å²) in [6, 6.07) is 13.2. The van der Waals surface area contributed by atoms with Gasteiger partial charge in [-0.25, -0.2) is 0 Å². The molecular formula is C24H28N4OS2. The minimum atomic E-state index is 0.153. The lowest BCUT2D eigenvalue weighted by Crippen LogP contribution is -2.37. The lowest BCUT2D eigenvalue weighted by atomic mass is 9.95. The van der Waals surface area contributed by atoms with Gasteiger partial charge in [-0.05, 0) is 49.3 Å². The number of carbonyl (C=O) groups excluding carboxylic acids is 1. The quantitative estimate of drug-likeness (QED) is 0.463. The van der Waals surface area contributed by atoms with Crippen LogP contribution < -0.4 is 4.90 Å². The Morgan fingerprint density at radius 3 is 2.77 bits per heavy atom. The number of rotatable bonds is 6. The van der Waals surface area contributed by atoms with Crippen LogP contribution in [0.25, 0.3) is 0 Å². The zero-order valence-corrected chi connectivity index (χ0v) is 19.5. The first-order valence-corrected chi connectivity index (χ1v) is 13.1. The molecular weight excluding hydrogens is 424 g/mol. The number of thiophene rings is 1. The number of aromatic nitrogens is 3. The van der Waals surface area contributed by atoms with Crippen LogP contribution in [0.5, 0.6) is 0 Å². The first-order chi connectivity index (χ1) is 15.2. The maximum Gasteiger partial charge on any atom is 0.237 e. The van der Waals surface area contributed by atoms with Crippen LogP contribution in [0.1, 0.15) is 61.3 Å². The summed E-state index contributed by atoms with van der Waals surface area (Å²) in [6.07, 6.45) is 7.91. The molecule has 1 aliphatic heterocycles. The summed E-state index contributed by atoms with van der Waals surface area (Å²) >= 11 is 3.31. The monoisotopic (exact) mass is 452 g/mol. The summed E-state index contributed by atoms with van der Waals surface area (Å²) in [5.41, 5.74) is 2.32. The third kappa shape index (κ3) is 4.30. The predicted molar refractivity (Wildman–Crippen MR) is 127 cm³/mol. The van der Waals surface area contributed by atoms with E-state index in [2.05, 4.69) is 57.4 Å². The fraction of sp³-hybridized carbons (Fsp3) is 0.458. The number of benzene rings is 1. The van der Waals surface area contributed by atoms with Gasteiger partial charge in [0.05, 0.1) is 5.75 Å².